The Bertz CT molecular complexity index is 1130. The number of aromatic amines is 1. The summed E-state index contributed by atoms with van der Waals surface area (Å²) in [5, 5.41) is 23.0. The van der Waals surface area contributed by atoms with Gasteiger partial charge in [-0.15, -0.1) is 0 Å². The lowest BCUT2D eigenvalue weighted by Gasteiger charge is -2.36. The molecule has 0 atom stereocenters. The van der Waals surface area contributed by atoms with Gasteiger partial charge in [0.25, 0.3) is 5.91 Å². The predicted octanol–water partition coefficient (Wildman–Crippen LogP) is 2.05. The molecule has 0 aromatic carbocycles. The number of nitrogens with one attached hydrogen (secondary N) is 2. The lowest BCUT2D eigenvalue weighted by molar-refractivity contribution is -0.173. The molecule has 0 unspecified atom stereocenters. The van der Waals surface area contributed by atoms with E-state index >= 15 is 0 Å². The molecule has 0 spiro atoms. The Hall–Kier alpha value is -2.96. The zero-order valence-corrected chi connectivity index (χ0v) is 16.6. The normalized spacial score (nSPS) is 23.2. The van der Waals surface area contributed by atoms with Gasteiger partial charge in [0, 0.05) is 24.0 Å². The van der Waals surface area contributed by atoms with Crippen LogP contribution in [0, 0.1) is 17.2 Å². The summed E-state index contributed by atoms with van der Waals surface area (Å²) in [5.74, 6) is 0.447. The maximum Gasteiger partial charge on any atom is 0.287 e. The van der Waals surface area contributed by atoms with Gasteiger partial charge in [-0.25, -0.2) is 9.97 Å². The maximum atomic E-state index is 13.1. The second kappa shape index (κ2) is 7.38. The Kier molecular flexibility index (Phi) is 4.68. The van der Waals surface area contributed by atoms with Gasteiger partial charge in [-0.05, 0) is 37.7 Å². The number of ether oxygens (including phenoxy) is 1. The highest BCUT2D eigenvalue weighted by Crippen LogP contribution is 2.37. The summed E-state index contributed by atoms with van der Waals surface area (Å²) in [6.07, 6.45) is 7.81. The molecule has 30 heavy (non-hydrogen) atoms. The highest BCUT2D eigenvalue weighted by Gasteiger charge is 2.37. The lowest BCUT2D eigenvalue weighted by atomic mass is 9.84. The molecule has 3 N–H and O–H groups in total. The quantitative estimate of drug-likeness (QED) is 0.593. The molecule has 1 amide bonds. The van der Waals surface area contributed by atoms with Gasteiger partial charge < -0.3 is 24.7 Å². The van der Waals surface area contributed by atoms with E-state index in [4.69, 9.17) is 10.00 Å². The minimum absolute atomic E-state index is 0.126. The average Bonchev–Trinajstić information content (AvgIpc) is 3.35. The number of aliphatic hydroxyl groups is 1. The molecule has 2 fully saturated rings. The van der Waals surface area contributed by atoms with Crippen molar-refractivity contribution in [2.45, 2.75) is 43.7 Å². The van der Waals surface area contributed by atoms with Gasteiger partial charge in [0.15, 0.2) is 5.82 Å². The standard InChI is InChI=1S/C21H24N6O3/c22-7-5-13-1-3-14(4-2-13)27-17-15-6-8-23-18(15)24-9-16(17)26-19(27)20(28)25-10-21(29)11-30-12-21/h6,8-9,13-14,29H,1-5,10-12H2,(H,23,24)(H,25,28). The van der Waals surface area contributed by atoms with Crippen LogP contribution < -0.4 is 5.32 Å². The largest absolute Gasteiger partial charge is 0.383 e. The summed E-state index contributed by atoms with van der Waals surface area (Å²) in [4.78, 5) is 25.3. The van der Waals surface area contributed by atoms with Gasteiger partial charge in [-0.2, -0.15) is 5.26 Å². The van der Waals surface area contributed by atoms with E-state index in [9.17, 15) is 9.90 Å². The molecule has 3 aromatic heterocycles. The lowest BCUT2D eigenvalue weighted by Crippen LogP contribution is -2.57. The van der Waals surface area contributed by atoms with Crippen molar-refractivity contribution in [2.24, 2.45) is 5.92 Å². The summed E-state index contributed by atoms with van der Waals surface area (Å²) in [6.45, 7) is 0.572. The molecular formula is C21H24N6O3. The van der Waals surface area contributed by atoms with Crippen molar-refractivity contribution < 1.29 is 14.6 Å². The van der Waals surface area contributed by atoms with Crippen molar-refractivity contribution in [1.29, 1.82) is 5.26 Å². The molecule has 1 saturated heterocycles. The van der Waals surface area contributed by atoms with Crippen LogP contribution >= 0.6 is 0 Å². The van der Waals surface area contributed by atoms with E-state index in [0.717, 1.165) is 42.2 Å². The minimum atomic E-state index is -1.00. The molecule has 5 rings (SSSR count). The molecule has 1 aliphatic heterocycles. The number of rotatable bonds is 5. The van der Waals surface area contributed by atoms with Gasteiger partial charge in [-0.1, -0.05) is 0 Å². The predicted molar refractivity (Wildman–Crippen MR) is 109 cm³/mol. The van der Waals surface area contributed by atoms with E-state index in [-0.39, 0.29) is 31.7 Å². The van der Waals surface area contributed by atoms with E-state index in [2.05, 4.69) is 26.3 Å². The third-order valence-corrected chi connectivity index (χ3v) is 6.32. The number of hydrogen-bond donors (Lipinski definition) is 3. The molecule has 0 bridgehead atoms. The molecular weight excluding hydrogens is 384 g/mol. The van der Waals surface area contributed by atoms with E-state index in [1.165, 1.54) is 0 Å². The van der Waals surface area contributed by atoms with Gasteiger partial charge in [0.05, 0.1) is 37.5 Å². The summed E-state index contributed by atoms with van der Waals surface area (Å²) in [7, 11) is 0. The highest BCUT2D eigenvalue weighted by molar-refractivity contribution is 6.04. The smallest absolute Gasteiger partial charge is 0.287 e. The second-order valence-corrected chi connectivity index (χ2v) is 8.47. The zero-order chi connectivity index (χ0) is 20.7. The summed E-state index contributed by atoms with van der Waals surface area (Å²) in [5.41, 5.74) is 1.34. The number of H-pyrrole nitrogens is 1. The van der Waals surface area contributed by atoms with E-state index < -0.39 is 5.60 Å². The van der Waals surface area contributed by atoms with Crippen LogP contribution in [-0.2, 0) is 4.74 Å². The highest BCUT2D eigenvalue weighted by atomic mass is 16.5. The Morgan fingerprint density at radius 2 is 2.20 bits per heavy atom. The molecule has 4 heterocycles. The first kappa shape index (κ1) is 19.0. The van der Waals surface area contributed by atoms with Crippen LogP contribution in [0.5, 0.6) is 0 Å². The fourth-order valence-electron chi connectivity index (χ4n) is 4.61. The zero-order valence-electron chi connectivity index (χ0n) is 16.6. The third kappa shape index (κ3) is 3.22. The van der Waals surface area contributed by atoms with Gasteiger partial charge >= 0.3 is 0 Å². The average molecular weight is 408 g/mol. The summed E-state index contributed by atoms with van der Waals surface area (Å²) >= 11 is 0. The number of hydrogen-bond acceptors (Lipinski definition) is 6. The number of pyridine rings is 1. The van der Waals surface area contributed by atoms with Crippen molar-refractivity contribution in [2.75, 3.05) is 19.8 Å². The van der Waals surface area contributed by atoms with E-state index in [0.29, 0.717) is 23.7 Å². The van der Waals surface area contributed by atoms with Crippen molar-refractivity contribution in [3.05, 3.63) is 24.3 Å². The van der Waals surface area contributed by atoms with Gasteiger partial charge in [0.2, 0.25) is 0 Å². The summed E-state index contributed by atoms with van der Waals surface area (Å²) < 4.78 is 7.10. The number of amides is 1. The number of carbonyl (C=O) groups is 1. The third-order valence-electron chi connectivity index (χ3n) is 6.32. The van der Waals surface area contributed by atoms with Crippen molar-refractivity contribution in [1.82, 2.24) is 24.8 Å². The number of nitrogens with zero attached hydrogens (tertiary/aromatic N) is 4. The first-order valence-corrected chi connectivity index (χ1v) is 10.4. The number of fused-ring (bicyclic) bond motifs is 3. The molecule has 156 valence electrons. The molecule has 1 aliphatic carbocycles. The Labute approximate surface area is 173 Å². The molecule has 9 heteroatoms. The van der Waals surface area contributed by atoms with E-state index in [1.807, 2.05) is 16.8 Å². The molecule has 3 aromatic rings. The maximum absolute atomic E-state index is 13.1. The first-order valence-electron chi connectivity index (χ1n) is 10.4. The monoisotopic (exact) mass is 408 g/mol. The van der Waals surface area contributed by atoms with Crippen molar-refractivity contribution in [3.8, 4) is 6.07 Å². The van der Waals surface area contributed by atoms with Crippen LogP contribution in [0.3, 0.4) is 0 Å². The number of nitriles is 1. The number of carbonyl (C=O) groups excluding carboxylic acids is 1. The fraction of sp³-hybridized carbons (Fsp3) is 0.524. The molecule has 2 aliphatic rings. The SMILES string of the molecule is N#CCC1CCC(n2c(C(=O)NCC3(O)COC3)nc3cnc4[nH]ccc4c32)CC1. The van der Waals surface area contributed by atoms with Crippen LogP contribution in [0.4, 0.5) is 0 Å². The van der Waals surface area contributed by atoms with Crippen LogP contribution in [0.2, 0.25) is 0 Å². The topological polar surface area (TPSA) is 129 Å². The van der Waals surface area contributed by atoms with Gasteiger partial charge in [0.1, 0.15) is 16.8 Å². The Balaban J connectivity index is 1.52. The molecule has 1 saturated carbocycles. The van der Waals surface area contributed by atoms with Crippen LogP contribution in [0.1, 0.15) is 48.8 Å². The summed E-state index contributed by atoms with van der Waals surface area (Å²) in [6, 6.07) is 4.36. The number of imidazole rings is 1. The van der Waals surface area contributed by atoms with E-state index in [1.54, 1.807) is 6.20 Å². The van der Waals surface area contributed by atoms with Gasteiger partial charge in [-0.3, -0.25) is 4.79 Å². The molecule has 9 nitrogen and oxygen atoms in total. The number of aromatic nitrogens is 4. The molecule has 0 radical (unpaired) electrons. The fourth-order valence-corrected chi connectivity index (χ4v) is 4.61. The van der Waals surface area contributed by atoms with Crippen LogP contribution in [0.25, 0.3) is 22.1 Å². The minimum Gasteiger partial charge on any atom is -0.383 e. The Morgan fingerprint density at radius 1 is 1.40 bits per heavy atom. The van der Waals surface area contributed by atoms with Crippen LogP contribution in [-0.4, -0.2) is 55.9 Å². The second-order valence-electron chi connectivity index (χ2n) is 8.47. The van der Waals surface area contributed by atoms with Crippen molar-refractivity contribution >= 4 is 28.0 Å². The Morgan fingerprint density at radius 3 is 2.90 bits per heavy atom. The van der Waals surface area contributed by atoms with Crippen LogP contribution in [0.15, 0.2) is 18.5 Å². The first-order chi connectivity index (χ1) is 14.6. The van der Waals surface area contributed by atoms with Crippen molar-refractivity contribution in [3.63, 3.8) is 0 Å².